The van der Waals surface area contributed by atoms with E-state index in [1.54, 1.807) is 0 Å². The molecule has 6 heteroatoms. The molecule has 2 aromatic rings. The number of hydrogen-bond acceptors (Lipinski definition) is 3. The molecular weight excluding hydrogens is 315 g/mol. The third-order valence-corrected chi connectivity index (χ3v) is 4.70. The monoisotopic (exact) mass is 335 g/mol. The van der Waals surface area contributed by atoms with E-state index < -0.39 is 11.9 Å². The zero-order valence-electron chi connectivity index (χ0n) is 13.8. The summed E-state index contributed by atoms with van der Waals surface area (Å²) in [6.45, 7) is 4.77. The highest BCUT2D eigenvalue weighted by atomic mass is 19.4. The van der Waals surface area contributed by atoms with Gasteiger partial charge in [0.2, 0.25) is 5.95 Å². The maximum atomic E-state index is 13.0. The van der Waals surface area contributed by atoms with Crippen molar-refractivity contribution in [1.82, 2.24) is 9.97 Å². The van der Waals surface area contributed by atoms with Gasteiger partial charge in [-0.05, 0) is 55.9 Å². The molecule has 0 amide bonds. The number of piperidine rings is 1. The van der Waals surface area contributed by atoms with Crippen LogP contribution < -0.4 is 4.90 Å². The van der Waals surface area contributed by atoms with Crippen molar-refractivity contribution in [3.8, 4) is 0 Å². The number of aryl methyl sites for hydroxylation is 1. The fraction of sp³-hybridized carbons (Fsp3) is 0.444. The highest BCUT2D eigenvalue weighted by molar-refractivity contribution is 5.43. The van der Waals surface area contributed by atoms with Gasteiger partial charge in [0.15, 0.2) is 0 Å². The average Bonchev–Trinajstić information content (AvgIpc) is 2.57. The van der Waals surface area contributed by atoms with Crippen molar-refractivity contribution < 1.29 is 13.2 Å². The summed E-state index contributed by atoms with van der Waals surface area (Å²) in [6, 6.07) is 7.03. The third kappa shape index (κ3) is 3.23. The molecule has 3 nitrogen and oxygen atoms in total. The normalized spacial score (nSPS) is 18.7. The predicted molar refractivity (Wildman–Crippen MR) is 86.9 cm³/mol. The lowest BCUT2D eigenvalue weighted by molar-refractivity contribution is -0.141. The smallest absolute Gasteiger partial charge is 0.334 e. The van der Waals surface area contributed by atoms with Crippen LogP contribution in [0.4, 0.5) is 19.1 Å². The van der Waals surface area contributed by atoms with Crippen LogP contribution in [0.3, 0.4) is 0 Å². The average molecular weight is 335 g/mol. The zero-order valence-corrected chi connectivity index (χ0v) is 13.8. The summed E-state index contributed by atoms with van der Waals surface area (Å²) in [5.74, 6) is 0.162. The Kier molecular flexibility index (Phi) is 4.47. The lowest BCUT2D eigenvalue weighted by Crippen LogP contribution is -2.35. The Labute approximate surface area is 139 Å². The molecule has 1 aliphatic rings. The quantitative estimate of drug-likeness (QED) is 0.786. The summed E-state index contributed by atoms with van der Waals surface area (Å²) in [5.41, 5.74) is 2.62. The summed E-state index contributed by atoms with van der Waals surface area (Å²) < 4.78 is 38.9. The fourth-order valence-electron chi connectivity index (χ4n) is 3.27. The van der Waals surface area contributed by atoms with Crippen molar-refractivity contribution in [1.29, 1.82) is 0 Å². The van der Waals surface area contributed by atoms with E-state index in [0.717, 1.165) is 30.9 Å². The van der Waals surface area contributed by atoms with Crippen LogP contribution in [0.1, 0.15) is 47.7 Å². The first-order valence-corrected chi connectivity index (χ1v) is 8.11. The molecule has 0 spiro atoms. The van der Waals surface area contributed by atoms with E-state index in [1.807, 2.05) is 24.0 Å². The van der Waals surface area contributed by atoms with Gasteiger partial charge in [0.05, 0.1) is 6.04 Å². The maximum Gasteiger partial charge on any atom is 0.433 e. The van der Waals surface area contributed by atoms with Gasteiger partial charge in [0.25, 0.3) is 0 Å². The van der Waals surface area contributed by atoms with E-state index in [1.165, 1.54) is 17.3 Å². The molecule has 0 aliphatic carbocycles. The second-order valence-electron chi connectivity index (χ2n) is 6.23. The standard InChI is InChI=1S/C18H20F3N3/c1-12-6-5-7-14(13(12)2)15-8-3-4-11-24(15)17-22-10-9-16(23-17)18(19,20)21/h5-7,9-10,15H,3-4,8,11H2,1-2H3/t15-/m1/s1. The first-order valence-electron chi connectivity index (χ1n) is 8.11. The van der Waals surface area contributed by atoms with E-state index in [2.05, 4.69) is 23.0 Å². The number of hydrogen-bond donors (Lipinski definition) is 0. The first kappa shape index (κ1) is 16.7. The number of benzene rings is 1. The Hall–Kier alpha value is -2.11. The van der Waals surface area contributed by atoms with Crippen LogP contribution in [0, 0.1) is 13.8 Å². The molecule has 0 saturated carbocycles. The van der Waals surface area contributed by atoms with Crippen molar-refractivity contribution in [2.24, 2.45) is 0 Å². The van der Waals surface area contributed by atoms with E-state index in [-0.39, 0.29) is 12.0 Å². The van der Waals surface area contributed by atoms with E-state index >= 15 is 0 Å². The highest BCUT2D eigenvalue weighted by Crippen LogP contribution is 2.36. The van der Waals surface area contributed by atoms with Gasteiger partial charge in [-0.2, -0.15) is 13.2 Å². The molecule has 0 unspecified atom stereocenters. The van der Waals surface area contributed by atoms with E-state index in [9.17, 15) is 13.2 Å². The number of anilines is 1. The lowest BCUT2D eigenvalue weighted by Gasteiger charge is -2.37. The number of aromatic nitrogens is 2. The number of halogens is 3. The zero-order chi connectivity index (χ0) is 17.3. The Balaban J connectivity index is 2.00. The number of rotatable bonds is 2. The molecule has 1 fully saturated rings. The van der Waals surface area contributed by atoms with Crippen molar-refractivity contribution in [2.75, 3.05) is 11.4 Å². The minimum atomic E-state index is -4.46. The summed E-state index contributed by atoms with van der Waals surface area (Å²) in [6.07, 6.45) is -0.388. The summed E-state index contributed by atoms with van der Waals surface area (Å²) >= 11 is 0. The summed E-state index contributed by atoms with van der Waals surface area (Å²) in [5, 5.41) is 0. The minimum Gasteiger partial charge on any atom is -0.334 e. The van der Waals surface area contributed by atoms with Gasteiger partial charge in [-0.1, -0.05) is 18.2 Å². The Morgan fingerprint density at radius 2 is 1.92 bits per heavy atom. The molecule has 3 rings (SSSR count). The molecule has 128 valence electrons. The molecule has 1 aromatic carbocycles. The molecule has 0 bridgehead atoms. The number of alkyl halides is 3. The van der Waals surface area contributed by atoms with Crippen LogP contribution in [0.15, 0.2) is 30.5 Å². The van der Waals surface area contributed by atoms with E-state index in [0.29, 0.717) is 6.54 Å². The minimum absolute atomic E-state index is 0.0159. The fourth-order valence-corrected chi connectivity index (χ4v) is 3.27. The maximum absolute atomic E-state index is 13.0. The van der Waals surface area contributed by atoms with Gasteiger partial charge < -0.3 is 4.90 Å². The SMILES string of the molecule is Cc1cccc([C@H]2CCCCN2c2nccc(C(F)(F)F)n2)c1C. The highest BCUT2D eigenvalue weighted by Gasteiger charge is 2.34. The Morgan fingerprint density at radius 1 is 1.12 bits per heavy atom. The molecule has 1 aliphatic heterocycles. The molecular formula is C18H20F3N3. The van der Waals surface area contributed by atoms with Crippen molar-refractivity contribution in [3.05, 3.63) is 52.8 Å². The van der Waals surface area contributed by atoms with Crippen LogP contribution in [0.25, 0.3) is 0 Å². The van der Waals surface area contributed by atoms with Crippen LogP contribution in [-0.4, -0.2) is 16.5 Å². The first-order chi connectivity index (χ1) is 11.4. The van der Waals surface area contributed by atoms with Crippen LogP contribution >= 0.6 is 0 Å². The third-order valence-electron chi connectivity index (χ3n) is 4.70. The van der Waals surface area contributed by atoms with Crippen LogP contribution in [-0.2, 0) is 6.18 Å². The topological polar surface area (TPSA) is 29.0 Å². The van der Waals surface area contributed by atoms with Crippen LogP contribution in [0.5, 0.6) is 0 Å². The second kappa shape index (κ2) is 6.42. The molecule has 24 heavy (non-hydrogen) atoms. The molecule has 0 N–H and O–H groups in total. The van der Waals surface area contributed by atoms with E-state index in [4.69, 9.17) is 0 Å². The van der Waals surface area contributed by atoms with Crippen molar-refractivity contribution >= 4 is 5.95 Å². The molecule has 1 saturated heterocycles. The summed E-state index contributed by atoms with van der Waals surface area (Å²) in [7, 11) is 0. The van der Waals surface area contributed by atoms with Gasteiger partial charge in [-0.25, -0.2) is 9.97 Å². The summed E-state index contributed by atoms with van der Waals surface area (Å²) in [4.78, 5) is 9.82. The Morgan fingerprint density at radius 3 is 2.67 bits per heavy atom. The Bertz CT molecular complexity index is 728. The largest absolute Gasteiger partial charge is 0.433 e. The second-order valence-corrected chi connectivity index (χ2v) is 6.23. The lowest BCUT2D eigenvalue weighted by atomic mass is 9.90. The van der Waals surface area contributed by atoms with Gasteiger partial charge in [0, 0.05) is 12.7 Å². The van der Waals surface area contributed by atoms with Gasteiger partial charge in [-0.3, -0.25) is 0 Å². The predicted octanol–water partition coefficient (Wildman–Crippen LogP) is 4.84. The molecule has 1 aromatic heterocycles. The molecule has 0 radical (unpaired) electrons. The molecule has 1 atom stereocenters. The van der Waals surface area contributed by atoms with Gasteiger partial charge in [-0.15, -0.1) is 0 Å². The number of nitrogens with zero attached hydrogens (tertiary/aromatic N) is 3. The van der Waals surface area contributed by atoms with Crippen LogP contribution in [0.2, 0.25) is 0 Å². The van der Waals surface area contributed by atoms with Crippen molar-refractivity contribution in [3.63, 3.8) is 0 Å². The van der Waals surface area contributed by atoms with Crippen molar-refractivity contribution in [2.45, 2.75) is 45.3 Å². The molecule has 2 heterocycles. The van der Waals surface area contributed by atoms with Gasteiger partial charge in [0.1, 0.15) is 5.69 Å². The van der Waals surface area contributed by atoms with Gasteiger partial charge >= 0.3 is 6.18 Å².